The van der Waals surface area contributed by atoms with Gasteiger partial charge in [0.25, 0.3) is 0 Å². The third-order valence-electron chi connectivity index (χ3n) is 2.22. The Balaban J connectivity index is 3.35. The van der Waals surface area contributed by atoms with Crippen LogP contribution in [0.3, 0.4) is 0 Å². The van der Waals surface area contributed by atoms with E-state index in [4.69, 9.17) is 0 Å². The Morgan fingerprint density at radius 3 is 2.29 bits per heavy atom. The molecule has 5 heteroatoms. The number of nitrogens with one attached hydrogen (secondary N) is 2. The van der Waals surface area contributed by atoms with Crippen LogP contribution in [0.5, 0.6) is 0 Å². The van der Waals surface area contributed by atoms with Crippen LogP contribution in [0.1, 0.15) is 33.1 Å². The molecule has 0 aliphatic heterocycles. The number of hydrogen-bond donors (Lipinski definition) is 2. The Kier molecular flexibility index (Phi) is 8.40. The zero-order valence-electron chi connectivity index (χ0n) is 11.4. The smallest absolute Gasteiger partial charge is 0.222 e. The van der Waals surface area contributed by atoms with Gasteiger partial charge in [-0.3, -0.25) is 9.59 Å². The molecule has 0 spiro atoms. The van der Waals surface area contributed by atoms with Gasteiger partial charge in [0, 0.05) is 39.5 Å². The van der Waals surface area contributed by atoms with Crippen molar-refractivity contribution in [3.63, 3.8) is 0 Å². The number of amides is 2. The highest BCUT2D eigenvalue weighted by atomic mass is 16.2. The highest BCUT2D eigenvalue weighted by Crippen LogP contribution is 1.92. The van der Waals surface area contributed by atoms with Gasteiger partial charge in [0.05, 0.1) is 0 Å². The van der Waals surface area contributed by atoms with Gasteiger partial charge >= 0.3 is 0 Å². The Morgan fingerprint density at radius 1 is 1.12 bits per heavy atom. The number of rotatable bonds is 8. The van der Waals surface area contributed by atoms with E-state index >= 15 is 0 Å². The summed E-state index contributed by atoms with van der Waals surface area (Å²) in [6.45, 7) is 5.32. The predicted octanol–water partition coefficient (Wildman–Crippen LogP) is 0.359. The van der Waals surface area contributed by atoms with Crippen LogP contribution in [0.25, 0.3) is 0 Å². The Hall–Kier alpha value is -1.10. The third kappa shape index (κ3) is 9.81. The SMILES string of the molecule is CC(C)NC(=O)CCNCCCC(=O)N(C)C. The molecule has 0 fully saturated rings. The first-order chi connectivity index (χ1) is 7.93. The molecule has 0 bridgehead atoms. The van der Waals surface area contributed by atoms with Gasteiger partial charge in [-0.2, -0.15) is 0 Å². The van der Waals surface area contributed by atoms with Crippen molar-refractivity contribution < 1.29 is 9.59 Å². The quantitative estimate of drug-likeness (QED) is 0.605. The van der Waals surface area contributed by atoms with E-state index in [-0.39, 0.29) is 17.9 Å². The second kappa shape index (κ2) is 8.98. The van der Waals surface area contributed by atoms with Gasteiger partial charge in [-0.05, 0) is 26.8 Å². The number of carbonyl (C=O) groups excluding carboxylic acids is 2. The molecule has 0 radical (unpaired) electrons. The Labute approximate surface area is 104 Å². The molecular weight excluding hydrogens is 218 g/mol. The second-order valence-electron chi connectivity index (χ2n) is 4.61. The lowest BCUT2D eigenvalue weighted by Gasteiger charge is -2.10. The molecule has 0 atom stereocenters. The van der Waals surface area contributed by atoms with Crippen LogP contribution in [-0.4, -0.2) is 49.9 Å². The molecule has 17 heavy (non-hydrogen) atoms. The van der Waals surface area contributed by atoms with Crippen molar-refractivity contribution in [2.45, 2.75) is 39.2 Å². The van der Waals surface area contributed by atoms with Crippen molar-refractivity contribution in [2.24, 2.45) is 0 Å². The molecule has 0 aromatic carbocycles. The van der Waals surface area contributed by atoms with Crippen molar-refractivity contribution >= 4 is 11.8 Å². The summed E-state index contributed by atoms with van der Waals surface area (Å²) >= 11 is 0. The van der Waals surface area contributed by atoms with Crippen molar-refractivity contribution in [1.29, 1.82) is 0 Å². The molecule has 0 aromatic heterocycles. The van der Waals surface area contributed by atoms with Crippen molar-refractivity contribution in [1.82, 2.24) is 15.5 Å². The van der Waals surface area contributed by atoms with E-state index in [1.807, 2.05) is 13.8 Å². The Bertz CT molecular complexity index is 240. The van der Waals surface area contributed by atoms with E-state index in [2.05, 4.69) is 10.6 Å². The lowest BCUT2D eigenvalue weighted by molar-refractivity contribution is -0.128. The van der Waals surface area contributed by atoms with Gasteiger partial charge in [-0.15, -0.1) is 0 Å². The average Bonchev–Trinajstić information content (AvgIpc) is 2.21. The van der Waals surface area contributed by atoms with Crippen LogP contribution in [-0.2, 0) is 9.59 Å². The number of carbonyl (C=O) groups is 2. The van der Waals surface area contributed by atoms with Gasteiger partial charge in [0.1, 0.15) is 0 Å². The summed E-state index contributed by atoms with van der Waals surface area (Å²) in [6, 6.07) is 0.195. The molecule has 0 aromatic rings. The van der Waals surface area contributed by atoms with Crippen LogP contribution in [0, 0.1) is 0 Å². The molecule has 0 unspecified atom stereocenters. The number of hydrogen-bond acceptors (Lipinski definition) is 3. The van der Waals surface area contributed by atoms with Gasteiger partial charge in [-0.1, -0.05) is 0 Å². The fourth-order valence-corrected chi connectivity index (χ4v) is 1.31. The van der Waals surface area contributed by atoms with E-state index in [0.29, 0.717) is 19.4 Å². The maximum absolute atomic E-state index is 11.3. The second-order valence-corrected chi connectivity index (χ2v) is 4.61. The minimum absolute atomic E-state index is 0.0665. The molecule has 0 heterocycles. The van der Waals surface area contributed by atoms with Gasteiger partial charge in [0.15, 0.2) is 0 Å². The van der Waals surface area contributed by atoms with Gasteiger partial charge < -0.3 is 15.5 Å². The highest BCUT2D eigenvalue weighted by Gasteiger charge is 2.04. The normalized spacial score (nSPS) is 10.4. The molecule has 100 valence electrons. The third-order valence-corrected chi connectivity index (χ3v) is 2.22. The molecule has 5 nitrogen and oxygen atoms in total. The topological polar surface area (TPSA) is 61.4 Å². The number of nitrogens with zero attached hydrogens (tertiary/aromatic N) is 1. The van der Waals surface area contributed by atoms with E-state index in [0.717, 1.165) is 13.0 Å². The lowest BCUT2D eigenvalue weighted by atomic mass is 10.2. The summed E-state index contributed by atoms with van der Waals surface area (Å²) in [5.74, 6) is 0.209. The van der Waals surface area contributed by atoms with Crippen LogP contribution in [0.15, 0.2) is 0 Å². The van der Waals surface area contributed by atoms with Crippen LogP contribution < -0.4 is 10.6 Å². The summed E-state index contributed by atoms with van der Waals surface area (Å²) in [5, 5.41) is 5.98. The molecule has 0 rings (SSSR count). The predicted molar refractivity (Wildman–Crippen MR) is 68.7 cm³/mol. The summed E-state index contributed by atoms with van der Waals surface area (Å²) in [7, 11) is 3.51. The molecule has 0 aliphatic carbocycles. The van der Waals surface area contributed by atoms with Crippen LogP contribution in [0.4, 0.5) is 0 Å². The monoisotopic (exact) mass is 243 g/mol. The van der Waals surface area contributed by atoms with E-state index < -0.39 is 0 Å². The summed E-state index contributed by atoms with van der Waals surface area (Å²) in [4.78, 5) is 24.1. The zero-order chi connectivity index (χ0) is 13.3. The first-order valence-corrected chi connectivity index (χ1v) is 6.13. The average molecular weight is 243 g/mol. The summed E-state index contributed by atoms with van der Waals surface area (Å²) in [5.41, 5.74) is 0. The molecule has 0 saturated heterocycles. The standard InChI is InChI=1S/C12H25N3O2/c1-10(2)14-11(16)7-9-13-8-5-6-12(17)15(3)4/h10,13H,5-9H2,1-4H3,(H,14,16). The van der Waals surface area contributed by atoms with Crippen molar-refractivity contribution in [3.05, 3.63) is 0 Å². The lowest BCUT2D eigenvalue weighted by Crippen LogP contribution is -2.32. The summed E-state index contributed by atoms with van der Waals surface area (Å²) < 4.78 is 0. The summed E-state index contributed by atoms with van der Waals surface area (Å²) in [6.07, 6.45) is 1.85. The first-order valence-electron chi connectivity index (χ1n) is 6.13. The molecule has 0 saturated carbocycles. The maximum atomic E-state index is 11.3. The molecule has 2 N–H and O–H groups in total. The Morgan fingerprint density at radius 2 is 1.76 bits per heavy atom. The zero-order valence-corrected chi connectivity index (χ0v) is 11.4. The fraction of sp³-hybridized carbons (Fsp3) is 0.833. The molecule has 0 aliphatic rings. The van der Waals surface area contributed by atoms with Gasteiger partial charge in [0.2, 0.25) is 11.8 Å². The highest BCUT2D eigenvalue weighted by molar-refractivity contribution is 5.76. The minimum Gasteiger partial charge on any atom is -0.354 e. The molecular formula is C12H25N3O2. The first kappa shape index (κ1) is 15.9. The fourth-order valence-electron chi connectivity index (χ4n) is 1.31. The van der Waals surface area contributed by atoms with E-state index in [1.54, 1.807) is 19.0 Å². The van der Waals surface area contributed by atoms with Crippen LogP contribution >= 0.6 is 0 Å². The minimum atomic E-state index is 0.0665. The molecule has 2 amide bonds. The van der Waals surface area contributed by atoms with Crippen molar-refractivity contribution in [2.75, 3.05) is 27.2 Å². The maximum Gasteiger partial charge on any atom is 0.222 e. The van der Waals surface area contributed by atoms with Crippen molar-refractivity contribution in [3.8, 4) is 0 Å². The van der Waals surface area contributed by atoms with E-state index in [9.17, 15) is 9.59 Å². The largest absolute Gasteiger partial charge is 0.354 e. The van der Waals surface area contributed by atoms with Gasteiger partial charge in [-0.25, -0.2) is 0 Å². The van der Waals surface area contributed by atoms with Crippen LogP contribution in [0.2, 0.25) is 0 Å². The van der Waals surface area contributed by atoms with E-state index in [1.165, 1.54) is 0 Å².